The smallest absolute Gasteiger partial charge is 0.308 e. The molecule has 0 aromatic carbocycles. The van der Waals surface area contributed by atoms with Gasteiger partial charge in [-0.05, 0) is 32.1 Å². The zero-order valence-electron chi connectivity index (χ0n) is 10.9. The normalized spacial score (nSPS) is 38.7. The Morgan fingerprint density at radius 3 is 2.11 bits per heavy atom. The number of rotatable bonds is 3. The van der Waals surface area contributed by atoms with Crippen LogP contribution in [0.4, 0.5) is 0 Å². The van der Waals surface area contributed by atoms with Crippen molar-refractivity contribution in [2.75, 3.05) is 0 Å². The summed E-state index contributed by atoms with van der Waals surface area (Å²) in [6.45, 7) is 3.18. The number of carboxylic acid groups (broad SMARTS) is 1. The van der Waals surface area contributed by atoms with E-state index in [1.165, 1.54) is 11.8 Å². The molecule has 5 heteroatoms. The van der Waals surface area contributed by atoms with Crippen molar-refractivity contribution in [2.45, 2.75) is 26.3 Å². The van der Waals surface area contributed by atoms with Crippen LogP contribution in [-0.4, -0.2) is 33.8 Å². The number of allylic oxidation sites excluding steroid dienone is 2. The Morgan fingerprint density at radius 2 is 1.68 bits per heavy atom. The van der Waals surface area contributed by atoms with E-state index in [9.17, 15) is 14.4 Å². The van der Waals surface area contributed by atoms with Crippen molar-refractivity contribution in [3.05, 3.63) is 12.2 Å². The largest absolute Gasteiger partial charge is 0.481 e. The highest BCUT2D eigenvalue weighted by Crippen LogP contribution is 2.53. The van der Waals surface area contributed by atoms with Crippen molar-refractivity contribution >= 4 is 17.8 Å². The Balaban J connectivity index is 1.88. The maximum atomic E-state index is 12.4. The fraction of sp³-hybridized carbons (Fsp3) is 0.643. The van der Waals surface area contributed by atoms with Crippen LogP contribution in [0.5, 0.6) is 0 Å². The average molecular weight is 263 g/mol. The standard InChI is InChI=1S/C14H17NO4/c1-6(14(18)19)7(2)15-12(16)10-8-3-4-9(5-8)11(10)13(15)17/h3-4,6-11H,5H2,1-2H3,(H,18,19). The minimum atomic E-state index is -0.980. The molecule has 102 valence electrons. The van der Waals surface area contributed by atoms with Crippen molar-refractivity contribution in [2.24, 2.45) is 29.6 Å². The molecule has 0 aromatic heterocycles. The Kier molecular flexibility index (Phi) is 2.56. The van der Waals surface area contributed by atoms with E-state index in [1.807, 2.05) is 12.2 Å². The minimum Gasteiger partial charge on any atom is -0.481 e. The molecule has 3 rings (SSSR count). The van der Waals surface area contributed by atoms with Gasteiger partial charge in [0.15, 0.2) is 0 Å². The molecule has 2 bridgehead atoms. The fourth-order valence-corrected chi connectivity index (χ4v) is 3.76. The van der Waals surface area contributed by atoms with E-state index in [2.05, 4.69) is 0 Å². The number of fused-ring (bicyclic) bond motifs is 5. The molecule has 2 amide bonds. The number of hydrogen-bond acceptors (Lipinski definition) is 3. The molecule has 1 saturated heterocycles. The summed E-state index contributed by atoms with van der Waals surface area (Å²) in [5.74, 6) is -2.21. The van der Waals surface area contributed by atoms with Crippen molar-refractivity contribution < 1.29 is 19.5 Å². The SMILES string of the molecule is CC(C(=O)O)C(C)N1C(=O)C2C3C=CC(C3)C2C1=O. The maximum Gasteiger partial charge on any atom is 0.308 e. The molecular weight excluding hydrogens is 246 g/mol. The number of aliphatic carboxylic acids is 1. The molecule has 0 radical (unpaired) electrons. The van der Waals surface area contributed by atoms with Crippen LogP contribution in [0.25, 0.3) is 0 Å². The van der Waals surface area contributed by atoms with Gasteiger partial charge in [-0.1, -0.05) is 12.2 Å². The van der Waals surface area contributed by atoms with E-state index in [0.29, 0.717) is 0 Å². The minimum absolute atomic E-state index is 0.170. The molecule has 19 heavy (non-hydrogen) atoms. The summed E-state index contributed by atoms with van der Waals surface area (Å²) in [5, 5.41) is 9.04. The van der Waals surface area contributed by atoms with Crippen LogP contribution < -0.4 is 0 Å². The zero-order chi connectivity index (χ0) is 13.9. The molecule has 1 heterocycles. The summed E-state index contributed by atoms with van der Waals surface area (Å²) < 4.78 is 0. The Morgan fingerprint density at radius 1 is 1.21 bits per heavy atom. The van der Waals surface area contributed by atoms with Crippen molar-refractivity contribution in [1.29, 1.82) is 0 Å². The molecule has 1 aliphatic heterocycles. The van der Waals surface area contributed by atoms with Gasteiger partial charge in [0.25, 0.3) is 0 Å². The van der Waals surface area contributed by atoms with E-state index < -0.39 is 17.9 Å². The molecule has 6 atom stereocenters. The first kappa shape index (κ1) is 12.4. The zero-order valence-corrected chi connectivity index (χ0v) is 10.9. The number of carbonyl (C=O) groups excluding carboxylic acids is 2. The highest BCUT2D eigenvalue weighted by atomic mass is 16.4. The van der Waals surface area contributed by atoms with Crippen LogP contribution in [-0.2, 0) is 14.4 Å². The highest BCUT2D eigenvalue weighted by Gasteiger charge is 2.60. The van der Waals surface area contributed by atoms with Crippen molar-refractivity contribution in [1.82, 2.24) is 4.90 Å². The van der Waals surface area contributed by atoms with Gasteiger partial charge in [0.1, 0.15) is 0 Å². The molecule has 6 unspecified atom stereocenters. The second-order valence-electron chi connectivity index (χ2n) is 5.91. The topological polar surface area (TPSA) is 74.7 Å². The van der Waals surface area contributed by atoms with E-state index in [-0.39, 0.29) is 35.5 Å². The summed E-state index contributed by atoms with van der Waals surface area (Å²) in [7, 11) is 0. The summed E-state index contributed by atoms with van der Waals surface area (Å²) in [5.41, 5.74) is 0. The van der Waals surface area contributed by atoms with Gasteiger partial charge in [0.05, 0.1) is 17.8 Å². The average Bonchev–Trinajstić information content (AvgIpc) is 3.02. The number of hydrogen-bond donors (Lipinski definition) is 1. The monoisotopic (exact) mass is 263 g/mol. The molecular formula is C14H17NO4. The van der Waals surface area contributed by atoms with Crippen LogP contribution in [0, 0.1) is 29.6 Å². The lowest BCUT2D eigenvalue weighted by Crippen LogP contribution is -2.45. The van der Waals surface area contributed by atoms with Gasteiger partial charge in [0.2, 0.25) is 11.8 Å². The summed E-state index contributed by atoms with van der Waals surface area (Å²) in [6, 6.07) is -0.581. The number of imide groups is 1. The van der Waals surface area contributed by atoms with Crippen LogP contribution >= 0.6 is 0 Å². The summed E-state index contributed by atoms with van der Waals surface area (Å²) in [4.78, 5) is 37.1. The highest BCUT2D eigenvalue weighted by molar-refractivity contribution is 6.07. The number of carboxylic acids is 1. The third-order valence-corrected chi connectivity index (χ3v) is 5.02. The fourth-order valence-electron chi connectivity index (χ4n) is 3.76. The summed E-state index contributed by atoms with van der Waals surface area (Å²) in [6.07, 6.45) is 4.96. The van der Waals surface area contributed by atoms with Crippen molar-refractivity contribution in [3.8, 4) is 0 Å². The van der Waals surface area contributed by atoms with Crippen LogP contribution in [0.1, 0.15) is 20.3 Å². The number of nitrogens with zero attached hydrogens (tertiary/aromatic N) is 1. The first-order chi connectivity index (χ1) is 8.93. The molecule has 2 aliphatic carbocycles. The van der Waals surface area contributed by atoms with Crippen LogP contribution in [0.15, 0.2) is 12.2 Å². The van der Waals surface area contributed by atoms with Crippen LogP contribution in [0.3, 0.4) is 0 Å². The second kappa shape index (κ2) is 3.92. The van der Waals surface area contributed by atoms with Gasteiger partial charge in [-0.3, -0.25) is 19.3 Å². The predicted molar refractivity (Wildman–Crippen MR) is 65.8 cm³/mol. The Bertz CT molecular complexity index is 468. The summed E-state index contributed by atoms with van der Waals surface area (Å²) >= 11 is 0. The predicted octanol–water partition coefficient (Wildman–Crippen LogP) is 0.903. The van der Waals surface area contributed by atoms with Crippen molar-refractivity contribution in [3.63, 3.8) is 0 Å². The van der Waals surface area contributed by atoms with Gasteiger partial charge < -0.3 is 5.11 Å². The first-order valence-electron chi connectivity index (χ1n) is 6.71. The molecule has 2 fully saturated rings. The molecule has 0 spiro atoms. The number of amides is 2. The lowest BCUT2D eigenvalue weighted by Gasteiger charge is -2.27. The maximum absolute atomic E-state index is 12.4. The molecule has 5 nitrogen and oxygen atoms in total. The van der Waals surface area contributed by atoms with E-state index in [0.717, 1.165) is 6.42 Å². The lowest BCUT2D eigenvalue weighted by atomic mass is 9.85. The quantitative estimate of drug-likeness (QED) is 0.606. The van der Waals surface area contributed by atoms with Gasteiger partial charge in [-0.25, -0.2) is 0 Å². The van der Waals surface area contributed by atoms with Gasteiger partial charge in [-0.15, -0.1) is 0 Å². The molecule has 3 aliphatic rings. The van der Waals surface area contributed by atoms with Gasteiger partial charge >= 0.3 is 5.97 Å². The number of carbonyl (C=O) groups is 3. The second-order valence-corrected chi connectivity index (χ2v) is 5.91. The first-order valence-corrected chi connectivity index (χ1v) is 6.71. The van der Waals surface area contributed by atoms with Gasteiger partial charge in [0, 0.05) is 6.04 Å². The van der Waals surface area contributed by atoms with E-state index >= 15 is 0 Å². The molecule has 1 N–H and O–H groups in total. The van der Waals surface area contributed by atoms with Gasteiger partial charge in [-0.2, -0.15) is 0 Å². The van der Waals surface area contributed by atoms with E-state index in [1.54, 1.807) is 6.92 Å². The molecule has 1 saturated carbocycles. The lowest BCUT2D eigenvalue weighted by molar-refractivity contribution is -0.149. The number of likely N-dealkylation sites (tertiary alicyclic amines) is 1. The van der Waals surface area contributed by atoms with Crippen LogP contribution in [0.2, 0.25) is 0 Å². The molecule has 0 aromatic rings. The third kappa shape index (κ3) is 1.50. The van der Waals surface area contributed by atoms with E-state index in [4.69, 9.17) is 5.11 Å². The third-order valence-electron chi connectivity index (χ3n) is 5.02. The Hall–Kier alpha value is -1.65. The Labute approximate surface area is 111 Å².